The first kappa shape index (κ1) is 13.6. The van der Waals surface area contributed by atoms with E-state index in [0.29, 0.717) is 5.75 Å². The lowest BCUT2D eigenvalue weighted by molar-refractivity contribution is -0.384. The van der Waals surface area contributed by atoms with Crippen molar-refractivity contribution in [2.75, 3.05) is 25.1 Å². The number of ether oxygens (including phenoxy) is 2. The number of nitrogens with zero attached hydrogens (tertiary/aromatic N) is 2. The van der Waals surface area contributed by atoms with Crippen LogP contribution >= 0.6 is 0 Å². The van der Waals surface area contributed by atoms with Crippen LogP contribution in [0.2, 0.25) is 0 Å². The van der Waals surface area contributed by atoms with E-state index in [0.717, 1.165) is 18.8 Å². The minimum absolute atomic E-state index is 0.0370. The van der Waals surface area contributed by atoms with Gasteiger partial charge in [0.15, 0.2) is 0 Å². The molecule has 2 atom stereocenters. The smallest absolute Gasteiger partial charge is 0.273 e. The molecule has 6 heteroatoms. The molecule has 0 amide bonds. The Balaban J connectivity index is 2.30. The van der Waals surface area contributed by atoms with Gasteiger partial charge in [0.1, 0.15) is 5.75 Å². The van der Waals surface area contributed by atoms with Gasteiger partial charge in [-0.25, -0.2) is 0 Å². The lowest BCUT2D eigenvalue weighted by atomic mass is 10.1. The van der Waals surface area contributed by atoms with Crippen molar-refractivity contribution in [1.29, 1.82) is 0 Å². The number of nitro benzene ring substituents is 1. The van der Waals surface area contributed by atoms with Crippen molar-refractivity contribution in [2.45, 2.75) is 26.1 Å². The summed E-state index contributed by atoms with van der Waals surface area (Å²) in [5.41, 5.74) is 0.907. The second-order valence-electron chi connectivity index (χ2n) is 4.78. The van der Waals surface area contributed by atoms with E-state index in [1.165, 1.54) is 19.2 Å². The van der Waals surface area contributed by atoms with E-state index in [9.17, 15) is 10.1 Å². The van der Waals surface area contributed by atoms with E-state index in [2.05, 4.69) is 4.90 Å². The fourth-order valence-corrected chi connectivity index (χ4v) is 2.42. The van der Waals surface area contributed by atoms with Crippen molar-refractivity contribution in [3.05, 3.63) is 28.3 Å². The first-order valence-corrected chi connectivity index (χ1v) is 6.24. The van der Waals surface area contributed by atoms with Crippen LogP contribution in [0.4, 0.5) is 11.4 Å². The van der Waals surface area contributed by atoms with Crippen molar-refractivity contribution in [3.63, 3.8) is 0 Å². The fourth-order valence-electron chi connectivity index (χ4n) is 2.42. The lowest BCUT2D eigenvalue weighted by Gasteiger charge is -2.37. The highest BCUT2D eigenvalue weighted by atomic mass is 16.6. The molecule has 19 heavy (non-hydrogen) atoms. The zero-order valence-corrected chi connectivity index (χ0v) is 11.3. The van der Waals surface area contributed by atoms with Crippen LogP contribution < -0.4 is 9.64 Å². The van der Waals surface area contributed by atoms with Crippen LogP contribution in [0.5, 0.6) is 5.75 Å². The van der Waals surface area contributed by atoms with Gasteiger partial charge in [-0.1, -0.05) is 0 Å². The van der Waals surface area contributed by atoms with Gasteiger partial charge in [0.25, 0.3) is 5.69 Å². The summed E-state index contributed by atoms with van der Waals surface area (Å²) >= 11 is 0. The molecule has 0 bridgehead atoms. The van der Waals surface area contributed by atoms with Gasteiger partial charge < -0.3 is 14.4 Å². The maximum Gasteiger partial charge on any atom is 0.273 e. The number of rotatable bonds is 3. The van der Waals surface area contributed by atoms with E-state index in [1.54, 1.807) is 6.07 Å². The highest BCUT2D eigenvalue weighted by molar-refractivity contribution is 5.62. The molecule has 1 aromatic rings. The summed E-state index contributed by atoms with van der Waals surface area (Å²) in [4.78, 5) is 12.5. The molecule has 0 aliphatic carbocycles. The normalized spacial score (nSPS) is 23.2. The summed E-state index contributed by atoms with van der Waals surface area (Å²) in [6.45, 7) is 5.53. The van der Waals surface area contributed by atoms with Gasteiger partial charge in [0, 0.05) is 19.2 Å². The summed E-state index contributed by atoms with van der Waals surface area (Å²) in [6, 6.07) is 4.70. The van der Waals surface area contributed by atoms with Gasteiger partial charge in [-0.3, -0.25) is 10.1 Å². The third-order valence-electron chi connectivity index (χ3n) is 3.13. The Kier molecular flexibility index (Phi) is 3.90. The second kappa shape index (κ2) is 5.44. The number of nitro groups is 1. The molecule has 2 rings (SSSR count). The summed E-state index contributed by atoms with van der Waals surface area (Å²) in [7, 11) is 1.52. The van der Waals surface area contributed by atoms with Crippen molar-refractivity contribution < 1.29 is 14.4 Å². The SMILES string of the molecule is COc1cc([N+](=O)[O-])ccc1N1CC(C)OC(C)C1. The Bertz CT molecular complexity index is 468. The van der Waals surface area contributed by atoms with Crippen LogP contribution in [0.15, 0.2) is 18.2 Å². The molecule has 6 nitrogen and oxygen atoms in total. The fraction of sp³-hybridized carbons (Fsp3) is 0.538. The summed E-state index contributed by atoms with van der Waals surface area (Å²) in [5.74, 6) is 0.524. The van der Waals surface area contributed by atoms with Crippen molar-refractivity contribution >= 4 is 11.4 Å². The molecule has 1 aromatic carbocycles. The number of methoxy groups -OCH3 is 1. The summed E-state index contributed by atoms with van der Waals surface area (Å²) in [6.07, 6.45) is 0.257. The molecule has 1 heterocycles. The Hall–Kier alpha value is -1.82. The molecular weight excluding hydrogens is 248 g/mol. The summed E-state index contributed by atoms with van der Waals surface area (Å²) < 4.78 is 11.0. The Labute approximate surface area is 112 Å². The number of hydrogen-bond acceptors (Lipinski definition) is 5. The Morgan fingerprint density at radius 3 is 2.53 bits per heavy atom. The van der Waals surface area contributed by atoms with Gasteiger partial charge in [-0.15, -0.1) is 0 Å². The number of non-ortho nitro benzene ring substituents is 1. The summed E-state index contributed by atoms with van der Waals surface area (Å²) in [5, 5.41) is 10.8. The largest absolute Gasteiger partial charge is 0.494 e. The monoisotopic (exact) mass is 266 g/mol. The molecule has 0 radical (unpaired) electrons. The average molecular weight is 266 g/mol. The van der Waals surface area contributed by atoms with Crippen molar-refractivity contribution in [2.24, 2.45) is 0 Å². The van der Waals surface area contributed by atoms with Crippen LogP contribution in [-0.4, -0.2) is 37.3 Å². The van der Waals surface area contributed by atoms with Crippen LogP contribution in [0.3, 0.4) is 0 Å². The average Bonchev–Trinajstić information content (AvgIpc) is 2.36. The van der Waals surface area contributed by atoms with Gasteiger partial charge in [-0.05, 0) is 19.9 Å². The highest BCUT2D eigenvalue weighted by Crippen LogP contribution is 2.33. The quantitative estimate of drug-likeness (QED) is 0.620. The maximum atomic E-state index is 10.8. The molecule has 1 aliphatic rings. The Morgan fingerprint density at radius 1 is 1.37 bits per heavy atom. The van der Waals surface area contributed by atoms with Gasteiger partial charge in [0.2, 0.25) is 0 Å². The minimum Gasteiger partial charge on any atom is -0.494 e. The molecule has 0 N–H and O–H groups in total. The second-order valence-corrected chi connectivity index (χ2v) is 4.78. The zero-order valence-electron chi connectivity index (χ0n) is 11.3. The predicted molar refractivity (Wildman–Crippen MR) is 71.9 cm³/mol. The highest BCUT2D eigenvalue weighted by Gasteiger charge is 2.25. The number of benzene rings is 1. The topological polar surface area (TPSA) is 64.8 Å². The van der Waals surface area contributed by atoms with E-state index >= 15 is 0 Å². The van der Waals surface area contributed by atoms with E-state index < -0.39 is 4.92 Å². The third kappa shape index (κ3) is 2.96. The van der Waals surface area contributed by atoms with E-state index in [1.807, 2.05) is 13.8 Å². The molecular formula is C13H18N2O4. The molecule has 104 valence electrons. The van der Waals surface area contributed by atoms with Gasteiger partial charge in [-0.2, -0.15) is 0 Å². The zero-order chi connectivity index (χ0) is 14.0. The number of morpholine rings is 1. The predicted octanol–water partition coefficient (Wildman–Crippen LogP) is 2.22. The van der Waals surface area contributed by atoms with E-state index in [4.69, 9.17) is 9.47 Å². The van der Waals surface area contributed by atoms with Crippen molar-refractivity contribution in [1.82, 2.24) is 0 Å². The molecule has 1 fully saturated rings. The number of anilines is 1. The van der Waals surface area contributed by atoms with Crippen LogP contribution in [0.25, 0.3) is 0 Å². The van der Waals surface area contributed by atoms with E-state index in [-0.39, 0.29) is 17.9 Å². The third-order valence-corrected chi connectivity index (χ3v) is 3.13. The van der Waals surface area contributed by atoms with Gasteiger partial charge >= 0.3 is 0 Å². The molecule has 0 aromatic heterocycles. The van der Waals surface area contributed by atoms with Crippen LogP contribution in [0.1, 0.15) is 13.8 Å². The molecule has 1 saturated heterocycles. The van der Waals surface area contributed by atoms with Gasteiger partial charge in [0.05, 0.1) is 36.0 Å². The standard InChI is InChI=1S/C13H18N2O4/c1-9-7-14(8-10(2)19-9)12-5-4-11(15(16)17)6-13(12)18-3/h4-6,9-10H,7-8H2,1-3H3. The maximum absolute atomic E-state index is 10.8. The first-order valence-electron chi connectivity index (χ1n) is 6.24. The van der Waals surface area contributed by atoms with Crippen molar-refractivity contribution in [3.8, 4) is 5.75 Å². The Morgan fingerprint density at radius 2 is 2.00 bits per heavy atom. The molecule has 1 aliphatic heterocycles. The number of hydrogen-bond donors (Lipinski definition) is 0. The molecule has 2 unspecified atom stereocenters. The molecule has 0 saturated carbocycles. The molecule has 0 spiro atoms. The minimum atomic E-state index is -0.420. The lowest BCUT2D eigenvalue weighted by Crippen LogP contribution is -2.45. The van der Waals surface area contributed by atoms with Crippen LogP contribution in [-0.2, 0) is 4.74 Å². The first-order chi connectivity index (χ1) is 9.01. The van der Waals surface area contributed by atoms with Crippen LogP contribution in [0, 0.1) is 10.1 Å².